The molecule has 0 saturated carbocycles. The predicted octanol–water partition coefficient (Wildman–Crippen LogP) is 22.8. The summed E-state index contributed by atoms with van der Waals surface area (Å²) < 4.78 is 6.50. The Morgan fingerprint density at radius 3 is 1.20 bits per heavy atom. The summed E-state index contributed by atoms with van der Waals surface area (Å²) in [5.74, 6) is 0. The van der Waals surface area contributed by atoms with Crippen LogP contribution in [0, 0.1) is 0 Å². The Bertz CT molecular complexity index is 5220. The van der Waals surface area contributed by atoms with E-state index in [2.05, 4.69) is 303 Å². The second-order valence-corrected chi connectivity index (χ2v) is 21.3. The summed E-state index contributed by atoms with van der Waals surface area (Å²) >= 11 is 0. The predicted molar refractivity (Wildman–Crippen MR) is 347 cm³/mol. The van der Waals surface area contributed by atoms with Crippen molar-refractivity contribution in [3.05, 3.63) is 303 Å². The lowest BCUT2D eigenvalue weighted by molar-refractivity contribution is 0.669. The molecule has 0 spiro atoms. The van der Waals surface area contributed by atoms with Gasteiger partial charge in [0.15, 0.2) is 0 Å². The maximum atomic E-state index is 6.50. The van der Waals surface area contributed by atoms with E-state index in [-0.39, 0.29) is 0 Å². The van der Waals surface area contributed by atoms with Crippen LogP contribution in [-0.2, 0) is 0 Å². The summed E-state index contributed by atoms with van der Waals surface area (Å²) in [6.45, 7) is 0. The zero-order valence-electron chi connectivity index (χ0n) is 44.3. The van der Waals surface area contributed by atoms with Gasteiger partial charge in [-0.05, 0) is 172 Å². The molecule has 376 valence electrons. The largest absolute Gasteiger partial charge is 0.456 e. The van der Waals surface area contributed by atoms with Gasteiger partial charge in [0.1, 0.15) is 11.2 Å². The normalized spacial score (nSPS) is 11.7. The van der Waals surface area contributed by atoms with Crippen LogP contribution >= 0.6 is 0 Å². The molecule has 0 amide bonds. The van der Waals surface area contributed by atoms with Crippen LogP contribution in [0.1, 0.15) is 0 Å². The molecule has 0 aliphatic rings. The van der Waals surface area contributed by atoms with Crippen molar-refractivity contribution in [3.63, 3.8) is 0 Å². The van der Waals surface area contributed by atoms with Gasteiger partial charge in [0.25, 0.3) is 0 Å². The zero-order chi connectivity index (χ0) is 53.4. The van der Waals surface area contributed by atoms with Crippen molar-refractivity contribution in [2.24, 2.45) is 0 Å². The summed E-state index contributed by atoms with van der Waals surface area (Å²) in [4.78, 5) is 0. The monoisotopic (exact) mass is 1030 g/mol. The SMILES string of the molecule is c1ccc(-c2c3ccccc3c(-c3cc4ccc5ccccc5c4c4ccccc34)c3ccccc23)cc1.c1ccc(-c2cccc(-c3c4ccccc4c(-c4cccc5oc6cc7ccccc7cc6c45)c4ccccc34)c2)cc1. The third-order valence-electron chi connectivity index (χ3n) is 16.8. The molecular formula is C80H50O. The van der Waals surface area contributed by atoms with Crippen LogP contribution in [0.5, 0.6) is 0 Å². The summed E-state index contributed by atoms with van der Waals surface area (Å²) in [6.07, 6.45) is 0. The fourth-order valence-corrected chi connectivity index (χ4v) is 13.4. The molecule has 81 heavy (non-hydrogen) atoms. The Kier molecular flexibility index (Phi) is 11.0. The Hall–Kier alpha value is -10.6. The first-order valence-corrected chi connectivity index (χ1v) is 28.0. The molecule has 0 aliphatic heterocycles. The minimum Gasteiger partial charge on any atom is -0.456 e. The molecule has 1 nitrogen and oxygen atoms in total. The lowest BCUT2D eigenvalue weighted by Gasteiger charge is -2.20. The van der Waals surface area contributed by atoms with Crippen molar-refractivity contribution in [2.45, 2.75) is 0 Å². The molecule has 0 aliphatic carbocycles. The van der Waals surface area contributed by atoms with Crippen molar-refractivity contribution in [2.75, 3.05) is 0 Å². The molecule has 0 radical (unpaired) electrons. The van der Waals surface area contributed by atoms with Gasteiger partial charge in [-0.2, -0.15) is 0 Å². The molecule has 1 aromatic heterocycles. The number of rotatable bonds is 5. The number of hydrogen-bond donors (Lipinski definition) is 0. The summed E-state index contributed by atoms with van der Waals surface area (Å²) in [6, 6.07) is 110. The average molecular weight is 1030 g/mol. The lowest BCUT2D eigenvalue weighted by Crippen LogP contribution is -1.92. The standard InChI is InChI=1S/C42H26O.C38H24/c1-2-12-27(13-3-1)28-16-10-17-31(24-28)40-32-18-6-8-20-34(32)41(35-21-9-7-19-33(35)40)36-22-11-23-38-42(36)37-25-29-14-4-5-15-30(29)26-39(37)43-38;1-2-13-26(14-3-1)36-31-18-8-10-20-33(31)38(34-21-11-9-19-32(34)36)35-24-27-23-22-25-12-4-5-15-28(25)37(27)30-17-7-6-16-29(30)35/h1-26H;1-24H. The summed E-state index contributed by atoms with van der Waals surface area (Å²) in [7, 11) is 0. The van der Waals surface area contributed by atoms with E-state index in [0.29, 0.717) is 0 Å². The Morgan fingerprint density at radius 1 is 0.173 bits per heavy atom. The van der Waals surface area contributed by atoms with Crippen LogP contribution < -0.4 is 0 Å². The van der Waals surface area contributed by atoms with Crippen molar-refractivity contribution >= 4 is 108 Å². The third kappa shape index (κ3) is 7.62. The second kappa shape index (κ2) is 19.1. The smallest absolute Gasteiger partial charge is 0.136 e. The fraction of sp³-hybridized carbons (Fsp3) is 0. The Labute approximate surface area is 468 Å². The van der Waals surface area contributed by atoms with Crippen LogP contribution in [0.25, 0.3) is 164 Å². The van der Waals surface area contributed by atoms with E-state index in [1.165, 1.54) is 142 Å². The highest BCUT2D eigenvalue weighted by Gasteiger charge is 2.22. The Balaban J connectivity index is 0.000000135. The van der Waals surface area contributed by atoms with E-state index in [1.54, 1.807) is 0 Å². The van der Waals surface area contributed by atoms with E-state index in [1.807, 2.05) is 0 Å². The van der Waals surface area contributed by atoms with E-state index in [0.717, 1.165) is 21.9 Å². The van der Waals surface area contributed by atoms with E-state index in [4.69, 9.17) is 4.42 Å². The molecule has 1 heteroatoms. The third-order valence-corrected chi connectivity index (χ3v) is 16.8. The number of fused-ring (bicyclic) bond motifs is 13. The van der Waals surface area contributed by atoms with Crippen LogP contribution in [0.15, 0.2) is 308 Å². The lowest BCUT2D eigenvalue weighted by atomic mass is 9.83. The molecule has 0 bridgehead atoms. The van der Waals surface area contributed by atoms with Crippen molar-refractivity contribution in [3.8, 4) is 55.6 Å². The van der Waals surface area contributed by atoms with Crippen LogP contribution in [0.4, 0.5) is 0 Å². The van der Waals surface area contributed by atoms with Gasteiger partial charge in [-0.25, -0.2) is 0 Å². The maximum absolute atomic E-state index is 6.50. The van der Waals surface area contributed by atoms with E-state index >= 15 is 0 Å². The van der Waals surface area contributed by atoms with Gasteiger partial charge in [-0.15, -0.1) is 0 Å². The van der Waals surface area contributed by atoms with Crippen LogP contribution in [0.2, 0.25) is 0 Å². The molecule has 17 aromatic rings. The molecule has 0 atom stereocenters. The van der Waals surface area contributed by atoms with Crippen LogP contribution in [-0.4, -0.2) is 0 Å². The van der Waals surface area contributed by atoms with Gasteiger partial charge in [0, 0.05) is 10.8 Å². The molecule has 0 unspecified atom stereocenters. The van der Waals surface area contributed by atoms with Gasteiger partial charge >= 0.3 is 0 Å². The summed E-state index contributed by atoms with van der Waals surface area (Å²) in [5, 5.41) is 22.6. The maximum Gasteiger partial charge on any atom is 0.136 e. The number of hydrogen-bond acceptors (Lipinski definition) is 1. The summed E-state index contributed by atoms with van der Waals surface area (Å²) in [5.41, 5.74) is 14.4. The van der Waals surface area contributed by atoms with Crippen LogP contribution in [0.3, 0.4) is 0 Å². The molecule has 0 fully saturated rings. The van der Waals surface area contributed by atoms with Crippen molar-refractivity contribution in [1.82, 2.24) is 0 Å². The van der Waals surface area contributed by atoms with Gasteiger partial charge < -0.3 is 4.42 Å². The highest BCUT2D eigenvalue weighted by molar-refractivity contribution is 6.29. The molecule has 0 saturated heterocycles. The van der Waals surface area contributed by atoms with Gasteiger partial charge in [-0.1, -0.05) is 273 Å². The molecule has 17 rings (SSSR count). The highest BCUT2D eigenvalue weighted by atomic mass is 16.3. The first-order valence-electron chi connectivity index (χ1n) is 28.0. The quantitative estimate of drug-likeness (QED) is 0.124. The first-order chi connectivity index (χ1) is 40.2. The first kappa shape index (κ1) is 46.5. The number of furan rings is 1. The molecule has 16 aromatic carbocycles. The highest BCUT2D eigenvalue weighted by Crippen LogP contribution is 2.50. The topological polar surface area (TPSA) is 13.1 Å². The van der Waals surface area contributed by atoms with Crippen molar-refractivity contribution < 1.29 is 4.42 Å². The molecule has 0 N–H and O–H groups in total. The van der Waals surface area contributed by atoms with E-state index in [9.17, 15) is 0 Å². The average Bonchev–Trinajstić information content (AvgIpc) is 4.09. The minimum absolute atomic E-state index is 0.913. The van der Waals surface area contributed by atoms with Crippen molar-refractivity contribution in [1.29, 1.82) is 0 Å². The van der Waals surface area contributed by atoms with Gasteiger partial charge in [-0.3, -0.25) is 0 Å². The Morgan fingerprint density at radius 2 is 0.593 bits per heavy atom. The number of benzene rings is 16. The minimum atomic E-state index is 0.913. The molecule has 1 heterocycles. The van der Waals surface area contributed by atoms with Gasteiger partial charge in [0.2, 0.25) is 0 Å². The van der Waals surface area contributed by atoms with E-state index < -0.39 is 0 Å². The second-order valence-electron chi connectivity index (χ2n) is 21.3. The molecular weight excluding hydrogens is 977 g/mol. The fourth-order valence-electron chi connectivity index (χ4n) is 13.4. The van der Waals surface area contributed by atoms with Gasteiger partial charge in [0.05, 0.1) is 0 Å². The zero-order valence-corrected chi connectivity index (χ0v) is 44.3.